The van der Waals surface area contributed by atoms with Gasteiger partial charge in [0, 0.05) is 13.5 Å². The Morgan fingerprint density at radius 2 is 2.04 bits per heavy atom. The SMILES string of the molecule is CCNC(=NCc1noc(C)n1)NCC(C)Oc1ccc(F)cc1.I. The maximum absolute atomic E-state index is 12.9. The van der Waals surface area contributed by atoms with E-state index in [0.29, 0.717) is 36.5 Å². The molecule has 7 nitrogen and oxygen atoms in total. The highest BCUT2D eigenvalue weighted by Gasteiger charge is 2.07. The molecule has 0 fully saturated rings. The molecular weight excluding hydrogens is 440 g/mol. The summed E-state index contributed by atoms with van der Waals surface area (Å²) in [7, 11) is 0. The highest BCUT2D eigenvalue weighted by Crippen LogP contribution is 2.12. The Morgan fingerprint density at radius 1 is 1.32 bits per heavy atom. The third kappa shape index (κ3) is 7.67. The molecule has 1 aromatic carbocycles. The van der Waals surface area contributed by atoms with E-state index in [1.807, 2.05) is 13.8 Å². The van der Waals surface area contributed by atoms with Gasteiger partial charge in [0.15, 0.2) is 11.8 Å². The first-order chi connectivity index (χ1) is 11.6. The summed E-state index contributed by atoms with van der Waals surface area (Å²) in [5, 5.41) is 10.1. The van der Waals surface area contributed by atoms with Crippen molar-refractivity contribution in [1.82, 2.24) is 20.8 Å². The lowest BCUT2D eigenvalue weighted by Gasteiger charge is -2.17. The average molecular weight is 463 g/mol. The van der Waals surface area contributed by atoms with Crippen LogP contribution in [0.1, 0.15) is 25.6 Å². The Hall–Kier alpha value is -1.91. The number of aromatic nitrogens is 2. The molecule has 1 heterocycles. The maximum atomic E-state index is 12.9. The van der Waals surface area contributed by atoms with Gasteiger partial charge in [-0.05, 0) is 38.1 Å². The van der Waals surface area contributed by atoms with Crippen molar-refractivity contribution in [2.45, 2.75) is 33.4 Å². The quantitative estimate of drug-likeness (QED) is 0.373. The first kappa shape index (κ1) is 21.1. The van der Waals surface area contributed by atoms with Crippen LogP contribution >= 0.6 is 24.0 Å². The van der Waals surface area contributed by atoms with Crippen LogP contribution in [0.25, 0.3) is 0 Å². The minimum atomic E-state index is -0.286. The van der Waals surface area contributed by atoms with Crippen LogP contribution in [0.15, 0.2) is 33.8 Å². The number of hydrogen-bond donors (Lipinski definition) is 2. The van der Waals surface area contributed by atoms with Crippen LogP contribution in [-0.2, 0) is 6.54 Å². The molecule has 0 aliphatic rings. The molecule has 0 spiro atoms. The zero-order valence-electron chi connectivity index (χ0n) is 14.5. The van der Waals surface area contributed by atoms with Crippen molar-refractivity contribution in [1.29, 1.82) is 0 Å². The van der Waals surface area contributed by atoms with Crippen molar-refractivity contribution in [2.75, 3.05) is 13.1 Å². The summed E-state index contributed by atoms with van der Waals surface area (Å²) in [6.07, 6.45) is -0.119. The van der Waals surface area contributed by atoms with Gasteiger partial charge in [0.05, 0.1) is 6.54 Å². The monoisotopic (exact) mass is 463 g/mol. The summed E-state index contributed by atoms with van der Waals surface area (Å²) in [6.45, 7) is 7.22. The molecule has 0 saturated heterocycles. The van der Waals surface area contributed by atoms with Crippen molar-refractivity contribution in [3.63, 3.8) is 0 Å². The summed E-state index contributed by atoms with van der Waals surface area (Å²) in [5.74, 6) is 2.01. The van der Waals surface area contributed by atoms with Gasteiger partial charge in [-0.2, -0.15) is 4.98 Å². The van der Waals surface area contributed by atoms with E-state index in [-0.39, 0.29) is 35.9 Å². The summed E-state index contributed by atoms with van der Waals surface area (Å²) >= 11 is 0. The molecule has 0 bridgehead atoms. The summed E-state index contributed by atoms with van der Waals surface area (Å²) in [4.78, 5) is 8.50. The predicted octanol–water partition coefficient (Wildman–Crippen LogP) is 2.66. The number of guanidine groups is 1. The van der Waals surface area contributed by atoms with Crippen molar-refractivity contribution in [3.05, 3.63) is 41.8 Å². The Labute approximate surface area is 163 Å². The second-order valence-corrected chi connectivity index (χ2v) is 5.19. The van der Waals surface area contributed by atoms with Crippen LogP contribution in [0.3, 0.4) is 0 Å². The Morgan fingerprint density at radius 3 is 2.64 bits per heavy atom. The zero-order valence-corrected chi connectivity index (χ0v) is 16.8. The van der Waals surface area contributed by atoms with Gasteiger partial charge in [-0.15, -0.1) is 24.0 Å². The zero-order chi connectivity index (χ0) is 17.4. The number of benzene rings is 1. The lowest BCUT2D eigenvalue weighted by molar-refractivity contribution is 0.223. The molecule has 0 radical (unpaired) electrons. The Kier molecular flexibility index (Phi) is 9.17. The number of aryl methyl sites for hydroxylation is 1. The van der Waals surface area contributed by atoms with Crippen molar-refractivity contribution in [2.24, 2.45) is 4.99 Å². The second-order valence-electron chi connectivity index (χ2n) is 5.19. The highest BCUT2D eigenvalue weighted by atomic mass is 127. The molecule has 138 valence electrons. The van der Waals surface area contributed by atoms with Crippen molar-refractivity contribution < 1.29 is 13.7 Å². The maximum Gasteiger partial charge on any atom is 0.223 e. The molecule has 0 aliphatic carbocycles. The summed E-state index contributed by atoms with van der Waals surface area (Å²) < 4.78 is 23.5. The Bertz CT molecular complexity index is 663. The standard InChI is InChI=1S/C16H22FN5O2.HI/c1-4-18-16(20-10-15-21-12(3)24-22-15)19-9-11(2)23-14-7-5-13(17)6-8-14;/h5-8,11H,4,9-10H2,1-3H3,(H2,18,19,20);1H. The molecule has 2 rings (SSSR count). The lowest BCUT2D eigenvalue weighted by Crippen LogP contribution is -2.41. The van der Waals surface area contributed by atoms with Gasteiger partial charge in [0.2, 0.25) is 5.89 Å². The van der Waals surface area contributed by atoms with E-state index in [9.17, 15) is 4.39 Å². The van der Waals surface area contributed by atoms with Gasteiger partial charge in [-0.3, -0.25) is 0 Å². The molecule has 1 unspecified atom stereocenters. The van der Waals surface area contributed by atoms with Crippen LogP contribution in [0.2, 0.25) is 0 Å². The van der Waals surface area contributed by atoms with Gasteiger partial charge in [-0.1, -0.05) is 5.16 Å². The van der Waals surface area contributed by atoms with E-state index in [1.54, 1.807) is 19.1 Å². The number of halogens is 2. The van der Waals surface area contributed by atoms with E-state index >= 15 is 0 Å². The predicted molar refractivity (Wildman–Crippen MR) is 104 cm³/mol. The third-order valence-electron chi connectivity index (χ3n) is 3.00. The van der Waals surface area contributed by atoms with Gasteiger partial charge in [0.1, 0.15) is 24.2 Å². The molecule has 1 atom stereocenters. The van der Waals surface area contributed by atoms with Crippen LogP contribution in [0.5, 0.6) is 5.75 Å². The first-order valence-electron chi connectivity index (χ1n) is 7.80. The first-order valence-corrected chi connectivity index (χ1v) is 7.80. The number of nitrogens with one attached hydrogen (secondary N) is 2. The van der Waals surface area contributed by atoms with Crippen molar-refractivity contribution >= 4 is 29.9 Å². The third-order valence-corrected chi connectivity index (χ3v) is 3.00. The molecular formula is C16H23FIN5O2. The molecule has 0 saturated carbocycles. The fraction of sp³-hybridized carbons (Fsp3) is 0.438. The van der Waals surface area contributed by atoms with Crippen LogP contribution in [0, 0.1) is 12.7 Å². The van der Waals surface area contributed by atoms with E-state index < -0.39 is 0 Å². The highest BCUT2D eigenvalue weighted by molar-refractivity contribution is 14.0. The fourth-order valence-corrected chi connectivity index (χ4v) is 1.92. The minimum absolute atomic E-state index is 0. The average Bonchev–Trinajstić information content (AvgIpc) is 2.98. The molecule has 0 amide bonds. The Balaban J connectivity index is 0.00000312. The van der Waals surface area contributed by atoms with Gasteiger partial charge >= 0.3 is 0 Å². The van der Waals surface area contributed by atoms with Crippen molar-refractivity contribution in [3.8, 4) is 5.75 Å². The lowest BCUT2D eigenvalue weighted by atomic mass is 10.3. The molecule has 2 N–H and O–H groups in total. The largest absolute Gasteiger partial charge is 0.489 e. The molecule has 2 aromatic rings. The van der Waals surface area contributed by atoms with Crippen LogP contribution < -0.4 is 15.4 Å². The number of ether oxygens (including phenoxy) is 1. The van der Waals surface area contributed by atoms with E-state index in [2.05, 4.69) is 25.8 Å². The van der Waals surface area contributed by atoms with Gasteiger partial charge in [0.25, 0.3) is 0 Å². The van der Waals surface area contributed by atoms with Crippen LogP contribution in [-0.4, -0.2) is 35.3 Å². The number of nitrogens with zero attached hydrogens (tertiary/aromatic N) is 3. The normalized spacial score (nSPS) is 12.2. The molecule has 0 aliphatic heterocycles. The molecule has 9 heteroatoms. The van der Waals surface area contributed by atoms with Crippen LogP contribution in [0.4, 0.5) is 4.39 Å². The topological polar surface area (TPSA) is 84.6 Å². The second kappa shape index (κ2) is 10.9. The summed E-state index contributed by atoms with van der Waals surface area (Å²) in [5.41, 5.74) is 0. The summed E-state index contributed by atoms with van der Waals surface area (Å²) in [6, 6.07) is 5.94. The fourth-order valence-electron chi connectivity index (χ4n) is 1.92. The van der Waals surface area contributed by atoms with Gasteiger partial charge < -0.3 is 19.9 Å². The van der Waals surface area contributed by atoms with E-state index in [1.165, 1.54) is 12.1 Å². The van der Waals surface area contributed by atoms with Gasteiger partial charge in [-0.25, -0.2) is 9.38 Å². The van der Waals surface area contributed by atoms with E-state index in [4.69, 9.17) is 9.26 Å². The minimum Gasteiger partial charge on any atom is -0.489 e. The smallest absolute Gasteiger partial charge is 0.223 e. The molecule has 25 heavy (non-hydrogen) atoms. The number of aliphatic imine (C=N–C) groups is 1. The van der Waals surface area contributed by atoms with E-state index in [0.717, 1.165) is 6.54 Å². The molecule has 1 aromatic heterocycles. The number of hydrogen-bond acceptors (Lipinski definition) is 5. The number of rotatable bonds is 7.